The lowest BCUT2D eigenvalue weighted by Crippen LogP contribution is -2.43. The lowest BCUT2D eigenvalue weighted by molar-refractivity contribution is -0.139. The largest absolute Gasteiger partial charge is 0.480 e. The molecule has 0 spiro atoms. The van der Waals surface area contributed by atoms with E-state index in [1.54, 1.807) is 0 Å². The van der Waals surface area contributed by atoms with E-state index in [4.69, 9.17) is 4.74 Å². The number of ether oxygens (including phenoxy) is 1. The number of nitrogens with one attached hydrogen (secondary N) is 1. The van der Waals surface area contributed by atoms with E-state index in [1.165, 1.54) is 0 Å². The zero-order chi connectivity index (χ0) is 24.7. The van der Waals surface area contributed by atoms with Crippen LogP contribution in [-0.2, 0) is 23.0 Å². The van der Waals surface area contributed by atoms with E-state index in [9.17, 15) is 14.7 Å². The third kappa shape index (κ3) is 4.05. The van der Waals surface area contributed by atoms with Crippen LogP contribution in [0.4, 0.5) is 4.79 Å². The van der Waals surface area contributed by atoms with Crippen molar-refractivity contribution in [2.45, 2.75) is 32.2 Å². The topological polar surface area (TPSA) is 80.6 Å². The number of carbonyl (C=O) groups is 2. The molecule has 5 rings (SSSR count). The molecule has 0 aliphatic heterocycles. The summed E-state index contributed by atoms with van der Waals surface area (Å²) < 4.78 is 7.64. The fourth-order valence-corrected chi connectivity index (χ4v) is 5.20. The molecule has 0 saturated carbocycles. The summed E-state index contributed by atoms with van der Waals surface area (Å²) in [5, 5.41) is 13.4. The lowest BCUT2D eigenvalue weighted by atomic mass is 9.98. The van der Waals surface area contributed by atoms with Gasteiger partial charge in [-0.15, -0.1) is 0 Å². The molecule has 0 saturated heterocycles. The molecule has 1 amide bonds. The molecule has 1 heterocycles. The van der Waals surface area contributed by atoms with Gasteiger partial charge in [0.1, 0.15) is 12.6 Å². The number of carbonyl (C=O) groups excluding carboxylic acids is 1. The molecule has 35 heavy (non-hydrogen) atoms. The van der Waals surface area contributed by atoms with Gasteiger partial charge < -0.3 is 19.7 Å². The van der Waals surface area contributed by atoms with Gasteiger partial charge in [0.25, 0.3) is 0 Å². The second-order valence-corrected chi connectivity index (χ2v) is 9.21. The van der Waals surface area contributed by atoms with Crippen LogP contribution in [0.3, 0.4) is 0 Å². The smallest absolute Gasteiger partial charge is 0.407 e. The molecule has 6 nitrogen and oxygen atoms in total. The van der Waals surface area contributed by atoms with Crippen LogP contribution < -0.4 is 5.32 Å². The zero-order valence-corrected chi connectivity index (χ0v) is 20.0. The van der Waals surface area contributed by atoms with Crippen molar-refractivity contribution in [3.05, 3.63) is 94.7 Å². The van der Waals surface area contributed by atoms with Gasteiger partial charge in [0.2, 0.25) is 0 Å². The number of fused-ring (bicyclic) bond motifs is 4. The third-order valence-corrected chi connectivity index (χ3v) is 7.12. The molecule has 1 atom stereocenters. The highest BCUT2D eigenvalue weighted by molar-refractivity contribution is 5.88. The summed E-state index contributed by atoms with van der Waals surface area (Å²) >= 11 is 0. The molecule has 1 unspecified atom stereocenters. The van der Waals surface area contributed by atoms with Crippen LogP contribution in [0.15, 0.2) is 66.7 Å². The minimum atomic E-state index is -1.10. The molecular weight excluding hydrogens is 440 g/mol. The molecule has 2 N–H and O–H groups in total. The Balaban J connectivity index is 1.32. The van der Waals surface area contributed by atoms with Gasteiger partial charge >= 0.3 is 12.1 Å². The molecule has 4 aromatic rings. The number of hydrogen-bond acceptors (Lipinski definition) is 3. The van der Waals surface area contributed by atoms with Crippen molar-refractivity contribution >= 4 is 23.0 Å². The number of rotatable bonds is 6. The molecule has 0 bridgehead atoms. The van der Waals surface area contributed by atoms with Gasteiger partial charge in [0, 0.05) is 36.0 Å². The Morgan fingerprint density at radius 3 is 2.26 bits per heavy atom. The number of carboxylic acids is 1. The van der Waals surface area contributed by atoms with E-state index < -0.39 is 18.1 Å². The van der Waals surface area contributed by atoms with Crippen LogP contribution in [0.2, 0.25) is 0 Å². The third-order valence-electron chi connectivity index (χ3n) is 7.12. The number of aliphatic carboxylic acids is 1. The minimum Gasteiger partial charge on any atom is -0.480 e. The van der Waals surface area contributed by atoms with Crippen molar-refractivity contribution < 1.29 is 19.4 Å². The van der Waals surface area contributed by atoms with Gasteiger partial charge in [-0.1, -0.05) is 60.7 Å². The van der Waals surface area contributed by atoms with Crippen molar-refractivity contribution in [2.75, 3.05) is 6.61 Å². The molecule has 1 aliphatic carbocycles. The number of alkyl carbamates (subject to hydrolysis) is 1. The molecule has 1 aliphatic rings. The Hall–Kier alpha value is -4.06. The standard InChI is InChI=1S/C29H28N2O4/c1-17-12-13-23-24(18(2)31(3)27(23)14-17)15-26(28(32)33)30-29(34)35-16-25-21-10-6-4-8-19(21)20-9-5-7-11-22(20)25/h4-14,25-26H,15-16H2,1-3H3,(H,30,34)(H,32,33). The summed E-state index contributed by atoms with van der Waals surface area (Å²) in [6.07, 6.45) is -0.556. The first-order valence-electron chi connectivity index (χ1n) is 11.7. The van der Waals surface area contributed by atoms with Gasteiger partial charge in [-0.2, -0.15) is 0 Å². The number of benzene rings is 3. The summed E-state index contributed by atoms with van der Waals surface area (Å²) in [6.45, 7) is 4.13. The Bertz CT molecular complexity index is 1410. The Kier molecular flexibility index (Phi) is 5.81. The second-order valence-electron chi connectivity index (χ2n) is 9.21. The van der Waals surface area contributed by atoms with Crippen LogP contribution in [0, 0.1) is 13.8 Å². The first-order valence-corrected chi connectivity index (χ1v) is 11.7. The van der Waals surface area contributed by atoms with E-state index in [-0.39, 0.29) is 18.9 Å². The maximum Gasteiger partial charge on any atom is 0.407 e. The first-order chi connectivity index (χ1) is 16.8. The van der Waals surface area contributed by atoms with Crippen LogP contribution in [0.1, 0.15) is 33.9 Å². The van der Waals surface area contributed by atoms with Crippen molar-refractivity contribution in [1.82, 2.24) is 9.88 Å². The van der Waals surface area contributed by atoms with Crippen LogP contribution in [0.5, 0.6) is 0 Å². The quantitative estimate of drug-likeness (QED) is 0.401. The number of aromatic nitrogens is 1. The van der Waals surface area contributed by atoms with Crippen molar-refractivity contribution in [2.24, 2.45) is 7.05 Å². The summed E-state index contributed by atoms with van der Waals surface area (Å²) in [5.41, 5.74) is 8.57. The predicted molar refractivity (Wildman–Crippen MR) is 136 cm³/mol. The number of nitrogens with zero attached hydrogens (tertiary/aromatic N) is 1. The molecule has 178 valence electrons. The van der Waals surface area contributed by atoms with Crippen LogP contribution >= 0.6 is 0 Å². The maximum atomic E-state index is 12.7. The van der Waals surface area contributed by atoms with Crippen molar-refractivity contribution in [1.29, 1.82) is 0 Å². The Morgan fingerprint density at radius 2 is 1.63 bits per heavy atom. The van der Waals surface area contributed by atoms with E-state index in [0.717, 1.165) is 50.0 Å². The summed E-state index contributed by atoms with van der Waals surface area (Å²) in [4.78, 5) is 24.8. The Labute approximate surface area is 204 Å². The number of aryl methyl sites for hydroxylation is 2. The fourth-order valence-electron chi connectivity index (χ4n) is 5.20. The zero-order valence-electron chi connectivity index (χ0n) is 20.0. The highest BCUT2D eigenvalue weighted by Crippen LogP contribution is 2.44. The minimum absolute atomic E-state index is 0.0834. The first kappa shape index (κ1) is 22.7. The Morgan fingerprint density at radius 1 is 1.00 bits per heavy atom. The van der Waals surface area contributed by atoms with E-state index >= 15 is 0 Å². The van der Waals surface area contributed by atoms with Gasteiger partial charge in [-0.25, -0.2) is 9.59 Å². The molecular formula is C29H28N2O4. The highest BCUT2D eigenvalue weighted by Gasteiger charge is 2.30. The summed E-state index contributed by atoms with van der Waals surface area (Å²) in [5.74, 6) is -1.18. The molecule has 3 aromatic carbocycles. The number of carboxylic acid groups (broad SMARTS) is 1. The average molecular weight is 469 g/mol. The molecule has 0 fully saturated rings. The number of amides is 1. The lowest BCUT2D eigenvalue weighted by Gasteiger charge is -2.18. The highest BCUT2D eigenvalue weighted by atomic mass is 16.5. The molecule has 6 heteroatoms. The maximum absolute atomic E-state index is 12.7. The van der Waals surface area contributed by atoms with Crippen LogP contribution in [0.25, 0.3) is 22.0 Å². The van der Waals surface area contributed by atoms with Crippen molar-refractivity contribution in [3.63, 3.8) is 0 Å². The SMILES string of the molecule is Cc1ccc2c(CC(NC(=O)OCC3c4ccccc4-c4ccccc43)C(=O)O)c(C)n(C)c2c1. The number of hydrogen-bond donors (Lipinski definition) is 2. The average Bonchev–Trinajstić information content (AvgIpc) is 3.29. The van der Waals surface area contributed by atoms with Gasteiger partial charge in [-0.05, 0) is 53.3 Å². The van der Waals surface area contributed by atoms with Gasteiger partial charge in [-0.3, -0.25) is 0 Å². The normalized spacial score (nSPS) is 13.3. The van der Waals surface area contributed by atoms with E-state index in [2.05, 4.69) is 28.1 Å². The van der Waals surface area contributed by atoms with Gasteiger partial charge in [0.15, 0.2) is 0 Å². The summed E-state index contributed by atoms with van der Waals surface area (Å²) in [7, 11) is 1.97. The summed E-state index contributed by atoms with van der Waals surface area (Å²) in [6, 6.07) is 21.2. The van der Waals surface area contributed by atoms with Crippen LogP contribution in [-0.4, -0.2) is 34.4 Å². The predicted octanol–water partition coefficient (Wildman–Crippen LogP) is 5.33. The second kappa shape index (κ2) is 8.95. The molecule has 1 aromatic heterocycles. The fraction of sp³-hybridized carbons (Fsp3) is 0.241. The molecule has 0 radical (unpaired) electrons. The van der Waals surface area contributed by atoms with Crippen molar-refractivity contribution in [3.8, 4) is 11.1 Å². The van der Waals surface area contributed by atoms with E-state index in [1.807, 2.05) is 69.4 Å². The monoisotopic (exact) mass is 468 g/mol. The van der Waals surface area contributed by atoms with Gasteiger partial charge in [0.05, 0.1) is 0 Å². The van der Waals surface area contributed by atoms with E-state index in [0.29, 0.717) is 0 Å².